The monoisotopic (exact) mass is 599 g/mol. The Morgan fingerprint density at radius 2 is 0.936 bits per heavy atom. The highest BCUT2D eigenvalue weighted by Crippen LogP contribution is 2.50. The Morgan fingerprint density at radius 3 is 1.85 bits per heavy atom. The van der Waals surface area contributed by atoms with Gasteiger partial charge in [-0.15, -0.1) is 0 Å². The van der Waals surface area contributed by atoms with Crippen LogP contribution in [0.3, 0.4) is 0 Å². The summed E-state index contributed by atoms with van der Waals surface area (Å²) in [6.45, 7) is 0. The summed E-state index contributed by atoms with van der Waals surface area (Å²) in [5, 5.41) is 7.02. The maximum atomic E-state index is 6.87. The average molecular weight is 600 g/mol. The summed E-state index contributed by atoms with van der Waals surface area (Å²) in [6, 6.07) is 59.2. The SMILES string of the molecule is c1ccc2c(c1)Cc1c-2cccc1N(c1ccccc1-c1cccc2c1oc1c3ccccc3ccc21)c1cccc2ccccc12. The highest BCUT2D eigenvalue weighted by Gasteiger charge is 2.27. The average Bonchev–Trinajstić information content (AvgIpc) is 3.72. The summed E-state index contributed by atoms with van der Waals surface area (Å²) in [5.74, 6) is 0. The second kappa shape index (κ2) is 10.2. The van der Waals surface area contributed by atoms with Gasteiger partial charge >= 0.3 is 0 Å². The van der Waals surface area contributed by atoms with Gasteiger partial charge in [0.15, 0.2) is 0 Å². The Hall–Kier alpha value is -6.12. The van der Waals surface area contributed by atoms with Gasteiger partial charge in [0.2, 0.25) is 0 Å². The van der Waals surface area contributed by atoms with E-state index in [1.54, 1.807) is 0 Å². The molecule has 0 unspecified atom stereocenters. The molecule has 9 aromatic rings. The van der Waals surface area contributed by atoms with Crippen molar-refractivity contribution in [2.24, 2.45) is 0 Å². The van der Waals surface area contributed by atoms with Gasteiger partial charge in [0.1, 0.15) is 11.2 Å². The first-order valence-corrected chi connectivity index (χ1v) is 16.2. The first-order chi connectivity index (χ1) is 23.3. The summed E-state index contributed by atoms with van der Waals surface area (Å²) in [7, 11) is 0. The van der Waals surface area contributed by atoms with Gasteiger partial charge < -0.3 is 9.32 Å². The standard InChI is InChI=1S/C45H29NO/c1-5-17-33-29(12-1)15-9-24-41(33)46(43-25-11-20-35-32-16-4-3-14-31(32)28-40(35)43)42-23-8-7-19-36(42)37-21-10-22-38-39-27-26-30-13-2-6-18-34(30)44(39)47-45(37)38/h1-27H,28H2. The third kappa shape index (κ3) is 3.92. The molecule has 0 saturated carbocycles. The van der Waals surface area contributed by atoms with Crippen molar-refractivity contribution in [3.05, 3.63) is 175 Å². The Balaban J connectivity index is 1.27. The molecule has 1 aliphatic rings. The number of hydrogen-bond acceptors (Lipinski definition) is 2. The molecule has 1 aliphatic carbocycles. The molecule has 0 amide bonds. The minimum absolute atomic E-state index is 0.900. The fourth-order valence-electron chi connectivity index (χ4n) is 7.78. The Kier molecular flexibility index (Phi) is 5.67. The quantitative estimate of drug-likeness (QED) is 0.200. The highest BCUT2D eigenvalue weighted by atomic mass is 16.3. The molecule has 2 nitrogen and oxygen atoms in total. The molecule has 0 fully saturated rings. The van der Waals surface area contributed by atoms with Crippen LogP contribution >= 0.6 is 0 Å². The molecule has 8 aromatic carbocycles. The lowest BCUT2D eigenvalue weighted by atomic mass is 9.97. The fourth-order valence-corrected chi connectivity index (χ4v) is 7.78. The zero-order valence-corrected chi connectivity index (χ0v) is 25.7. The van der Waals surface area contributed by atoms with Gasteiger partial charge in [-0.3, -0.25) is 0 Å². The van der Waals surface area contributed by atoms with Gasteiger partial charge in [0, 0.05) is 39.1 Å². The summed E-state index contributed by atoms with van der Waals surface area (Å²) >= 11 is 0. The molecule has 1 heterocycles. The van der Waals surface area contributed by atoms with Crippen molar-refractivity contribution in [3.8, 4) is 22.3 Å². The van der Waals surface area contributed by atoms with Crippen molar-refractivity contribution >= 4 is 60.5 Å². The van der Waals surface area contributed by atoms with Crippen LogP contribution in [0.15, 0.2) is 168 Å². The molecule has 0 saturated heterocycles. The van der Waals surface area contributed by atoms with Crippen LogP contribution in [-0.4, -0.2) is 0 Å². The van der Waals surface area contributed by atoms with E-state index in [0.29, 0.717) is 0 Å². The van der Waals surface area contributed by atoms with E-state index in [4.69, 9.17) is 4.42 Å². The van der Waals surface area contributed by atoms with E-state index in [1.807, 2.05) is 0 Å². The van der Waals surface area contributed by atoms with Crippen LogP contribution in [0.1, 0.15) is 11.1 Å². The van der Waals surface area contributed by atoms with Gasteiger partial charge in [-0.25, -0.2) is 0 Å². The predicted molar refractivity (Wildman–Crippen MR) is 197 cm³/mol. The van der Waals surface area contributed by atoms with Gasteiger partial charge in [0.25, 0.3) is 0 Å². The molecule has 47 heavy (non-hydrogen) atoms. The lowest BCUT2D eigenvalue weighted by Crippen LogP contribution is -2.13. The summed E-state index contributed by atoms with van der Waals surface area (Å²) in [6.07, 6.45) is 0.900. The molecule has 0 aliphatic heterocycles. The number of rotatable bonds is 4. The van der Waals surface area contributed by atoms with Crippen LogP contribution < -0.4 is 4.90 Å². The van der Waals surface area contributed by atoms with Crippen molar-refractivity contribution in [3.63, 3.8) is 0 Å². The van der Waals surface area contributed by atoms with E-state index in [2.05, 4.69) is 169 Å². The van der Waals surface area contributed by atoms with E-state index in [0.717, 1.165) is 56.2 Å². The minimum atomic E-state index is 0.900. The van der Waals surface area contributed by atoms with Crippen LogP contribution in [0, 0.1) is 0 Å². The van der Waals surface area contributed by atoms with Gasteiger partial charge in [-0.1, -0.05) is 140 Å². The van der Waals surface area contributed by atoms with Crippen LogP contribution in [0.25, 0.3) is 65.7 Å². The number of para-hydroxylation sites is 2. The molecule has 0 bridgehead atoms. The zero-order valence-electron chi connectivity index (χ0n) is 25.7. The van der Waals surface area contributed by atoms with E-state index in [1.165, 1.54) is 44.1 Å². The Bertz CT molecular complexity index is 2670. The largest absolute Gasteiger partial charge is 0.455 e. The maximum Gasteiger partial charge on any atom is 0.143 e. The molecule has 2 heteroatoms. The minimum Gasteiger partial charge on any atom is -0.455 e. The van der Waals surface area contributed by atoms with E-state index >= 15 is 0 Å². The zero-order chi connectivity index (χ0) is 30.9. The maximum absolute atomic E-state index is 6.87. The molecule has 220 valence electrons. The molecular formula is C45H29NO. The van der Waals surface area contributed by atoms with E-state index in [9.17, 15) is 0 Å². The van der Waals surface area contributed by atoms with Crippen LogP contribution in [0.2, 0.25) is 0 Å². The second-order valence-electron chi connectivity index (χ2n) is 12.4. The highest BCUT2D eigenvalue weighted by molar-refractivity contribution is 6.18. The molecule has 10 rings (SSSR count). The number of benzene rings is 8. The molecule has 0 spiro atoms. The second-order valence-corrected chi connectivity index (χ2v) is 12.4. The first kappa shape index (κ1) is 26.1. The molecule has 0 atom stereocenters. The lowest BCUT2D eigenvalue weighted by molar-refractivity contribution is 0.674. The van der Waals surface area contributed by atoms with Crippen molar-refractivity contribution in [2.75, 3.05) is 4.90 Å². The van der Waals surface area contributed by atoms with Crippen molar-refractivity contribution < 1.29 is 4.42 Å². The van der Waals surface area contributed by atoms with Crippen LogP contribution in [0.5, 0.6) is 0 Å². The normalized spacial score (nSPS) is 12.2. The van der Waals surface area contributed by atoms with Crippen molar-refractivity contribution in [2.45, 2.75) is 6.42 Å². The van der Waals surface area contributed by atoms with Crippen LogP contribution in [0.4, 0.5) is 17.1 Å². The Morgan fingerprint density at radius 1 is 0.362 bits per heavy atom. The van der Waals surface area contributed by atoms with Crippen LogP contribution in [-0.2, 0) is 6.42 Å². The molecule has 1 aromatic heterocycles. The molecule has 0 radical (unpaired) electrons. The number of furan rings is 1. The van der Waals surface area contributed by atoms with Gasteiger partial charge in [0.05, 0.1) is 17.1 Å². The van der Waals surface area contributed by atoms with Crippen molar-refractivity contribution in [1.29, 1.82) is 0 Å². The number of nitrogens with zero attached hydrogens (tertiary/aromatic N) is 1. The molecule has 0 N–H and O–H groups in total. The van der Waals surface area contributed by atoms with Gasteiger partial charge in [-0.05, 0) is 57.3 Å². The third-order valence-electron chi connectivity index (χ3n) is 9.90. The van der Waals surface area contributed by atoms with E-state index < -0.39 is 0 Å². The summed E-state index contributed by atoms with van der Waals surface area (Å²) < 4.78 is 6.87. The Labute approximate surface area is 272 Å². The third-order valence-corrected chi connectivity index (χ3v) is 9.90. The van der Waals surface area contributed by atoms with E-state index in [-0.39, 0.29) is 0 Å². The predicted octanol–water partition coefficient (Wildman–Crippen LogP) is 12.6. The first-order valence-electron chi connectivity index (χ1n) is 16.2. The lowest BCUT2D eigenvalue weighted by Gasteiger charge is -2.30. The number of anilines is 3. The molecular weight excluding hydrogens is 571 g/mol. The van der Waals surface area contributed by atoms with Gasteiger partial charge in [-0.2, -0.15) is 0 Å². The van der Waals surface area contributed by atoms with Crippen molar-refractivity contribution in [1.82, 2.24) is 0 Å². The number of fused-ring (bicyclic) bond motifs is 9. The fraction of sp³-hybridized carbons (Fsp3) is 0.0222. The number of hydrogen-bond donors (Lipinski definition) is 0. The topological polar surface area (TPSA) is 16.4 Å². The summed E-state index contributed by atoms with van der Waals surface area (Å²) in [4.78, 5) is 2.49. The smallest absolute Gasteiger partial charge is 0.143 e. The summed E-state index contributed by atoms with van der Waals surface area (Å²) in [5.41, 5.74) is 12.9.